The highest BCUT2D eigenvalue weighted by molar-refractivity contribution is 7.46. The Morgan fingerprint density at radius 1 is 1.57 bits per heavy atom. The largest absolute Gasteiger partial charge is 0.469 e. The molecule has 6 nitrogen and oxygen atoms in total. The fourth-order valence-electron chi connectivity index (χ4n) is 0.648. The molecule has 0 heterocycles. The van der Waals surface area contributed by atoms with E-state index in [-0.39, 0.29) is 0 Å². The molecule has 7 heteroatoms. The third-order valence-corrected chi connectivity index (χ3v) is 2.01. The van der Waals surface area contributed by atoms with Gasteiger partial charge in [0, 0.05) is 0 Å². The van der Waals surface area contributed by atoms with Crippen molar-refractivity contribution < 1.29 is 28.8 Å². The van der Waals surface area contributed by atoms with Gasteiger partial charge in [0.15, 0.2) is 5.78 Å². The van der Waals surface area contributed by atoms with E-state index in [1.165, 1.54) is 13.0 Å². The Kier molecular flexibility index (Phi) is 5.18. The highest BCUT2D eigenvalue weighted by Gasteiger charge is 2.21. The van der Waals surface area contributed by atoms with Gasteiger partial charge >= 0.3 is 7.82 Å². The minimum absolute atomic E-state index is 0.312. The van der Waals surface area contributed by atoms with Crippen LogP contribution in [-0.2, 0) is 13.9 Å². The molecular formula is C7H13O6P. The second-order valence-corrected chi connectivity index (χ2v) is 3.88. The lowest BCUT2D eigenvalue weighted by Crippen LogP contribution is -2.26. The number of hydrogen-bond donors (Lipinski definition) is 3. The van der Waals surface area contributed by atoms with Crippen molar-refractivity contribution in [3.05, 3.63) is 11.6 Å². The van der Waals surface area contributed by atoms with Gasteiger partial charge in [-0.3, -0.25) is 9.32 Å². The van der Waals surface area contributed by atoms with Crippen LogP contribution in [0, 0.1) is 0 Å². The Morgan fingerprint density at radius 2 is 2.07 bits per heavy atom. The number of ketones is 1. The first-order valence-corrected chi connectivity index (χ1v) is 5.36. The summed E-state index contributed by atoms with van der Waals surface area (Å²) in [4.78, 5) is 27.7. The highest BCUT2D eigenvalue weighted by atomic mass is 31.2. The fraction of sp³-hybridized carbons (Fsp3) is 0.571. The molecule has 82 valence electrons. The van der Waals surface area contributed by atoms with E-state index in [4.69, 9.17) is 14.9 Å². The van der Waals surface area contributed by atoms with Crippen molar-refractivity contribution in [2.45, 2.75) is 20.0 Å². The van der Waals surface area contributed by atoms with Gasteiger partial charge in [0.05, 0.1) is 6.61 Å². The Hall–Kier alpha value is -0.520. The lowest BCUT2D eigenvalue weighted by atomic mass is 10.1. The summed E-state index contributed by atoms with van der Waals surface area (Å²) in [6, 6.07) is 0. The average molecular weight is 224 g/mol. The first-order chi connectivity index (χ1) is 6.28. The number of aliphatic hydroxyl groups excluding tert-OH is 1. The Bertz CT molecular complexity index is 278. The van der Waals surface area contributed by atoms with E-state index < -0.39 is 26.3 Å². The summed E-state index contributed by atoms with van der Waals surface area (Å²) in [6.45, 7) is 2.39. The fourth-order valence-corrected chi connectivity index (χ4v) is 0.984. The molecule has 14 heavy (non-hydrogen) atoms. The normalized spacial score (nSPS) is 15.4. The van der Waals surface area contributed by atoms with Crippen LogP contribution in [0.15, 0.2) is 11.6 Å². The predicted molar refractivity (Wildman–Crippen MR) is 48.4 cm³/mol. The van der Waals surface area contributed by atoms with Gasteiger partial charge in [0.2, 0.25) is 0 Å². The molecule has 0 saturated heterocycles. The minimum Gasteiger partial charge on any atom is -0.382 e. The lowest BCUT2D eigenvalue weighted by Gasteiger charge is -2.10. The zero-order valence-electron chi connectivity index (χ0n) is 7.88. The van der Waals surface area contributed by atoms with Crippen LogP contribution in [0.1, 0.15) is 13.8 Å². The number of rotatable bonds is 5. The number of carbonyl (C=O) groups is 1. The SMILES string of the molecule is CC=C(C)C(=O)C(O)COP(=O)(O)O. The van der Waals surface area contributed by atoms with Crippen molar-refractivity contribution in [1.29, 1.82) is 0 Å². The van der Waals surface area contributed by atoms with Crippen LogP contribution < -0.4 is 0 Å². The van der Waals surface area contributed by atoms with Gasteiger partial charge in [0.25, 0.3) is 0 Å². The molecule has 0 aromatic rings. The van der Waals surface area contributed by atoms with E-state index in [1.54, 1.807) is 6.92 Å². The van der Waals surface area contributed by atoms with Crippen molar-refractivity contribution >= 4 is 13.6 Å². The number of carbonyl (C=O) groups excluding carboxylic acids is 1. The van der Waals surface area contributed by atoms with Gasteiger partial charge < -0.3 is 14.9 Å². The quantitative estimate of drug-likeness (QED) is 0.448. The second kappa shape index (κ2) is 5.38. The molecule has 0 rings (SSSR count). The van der Waals surface area contributed by atoms with E-state index in [1.807, 2.05) is 0 Å². The van der Waals surface area contributed by atoms with Crippen LogP contribution in [0.3, 0.4) is 0 Å². The van der Waals surface area contributed by atoms with E-state index in [0.717, 1.165) is 0 Å². The molecule has 1 atom stereocenters. The Labute approximate surface area is 81.4 Å². The highest BCUT2D eigenvalue weighted by Crippen LogP contribution is 2.35. The summed E-state index contributed by atoms with van der Waals surface area (Å²) in [7, 11) is -4.63. The standard InChI is InChI=1S/C7H13O6P/c1-3-5(2)7(9)6(8)4-13-14(10,11)12/h3,6,8H,4H2,1-2H3,(H2,10,11,12). The number of phosphoric ester groups is 1. The number of aliphatic hydroxyl groups is 1. The van der Waals surface area contributed by atoms with Crippen molar-refractivity contribution in [1.82, 2.24) is 0 Å². The average Bonchev–Trinajstić information content (AvgIpc) is 2.10. The van der Waals surface area contributed by atoms with Gasteiger partial charge in [-0.05, 0) is 19.4 Å². The molecule has 0 aromatic carbocycles. The first kappa shape index (κ1) is 13.5. The van der Waals surface area contributed by atoms with Crippen molar-refractivity contribution in [3.8, 4) is 0 Å². The minimum atomic E-state index is -4.63. The van der Waals surface area contributed by atoms with Gasteiger partial charge in [0.1, 0.15) is 6.10 Å². The maximum atomic E-state index is 11.1. The molecule has 1 unspecified atom stereocenters. The summed E-state index contributed by atoms with van der Waals surface area (Å²) < 4.78 is 14.2. The third kappa shape index (κ3) is 5.26. The number of Topliss-reactive ketones (excluding diaryl/α,β-unsaturated/α-hetero) is 1. The molecule has 0 aliphatic rings. The zero-order valence-corrected chi connectivity index (χ0v) is 8.77. The zero-order chi connectivity index (χ0) is 11.4. The molecule has 0 radical (unpaired) electrons. The maximum Gasteiger partial charge on any atom is 0.469 e. The molecule has 0 saturated carbocycles. The summed E-state index contributed by atoms with van der Waals surface area (Å²) >= 11 is 0. The van der Waals surface area contributed by atoms with Gasteiger partial charge in [-0.15, -0.1) is 0 Å². The molecule has 0 aliphatic carbocycles. The summed E-state index contributed by atoms with van der Waals surface area (Å²) in [5.41, 5.74) is 0.312. The van der Waals surface area contributed by atoms with Crippen LogP contribution in [0.4, 0.5) is 0 Å². The van der Waals surface area contributed by atoms with Crippen molar-refractivity contribution in [2.24, 2.45) is 0 Å². The molecular weight excluding hydrogens is 211 g/mol. The van der Waals surface area contributed by atoms with Gasteiger partial charge in [-0.25, -0.2) is 4.57 Å². The van der Waals surface area contributed by atoms with Crippen molar-refractivity contribution in [3.63, 3.8) is 0 Å². The first-order valence-electron chi connectivity index (χ1n) is 3.83. The molecule has 0 aromatic heterocycles. The Morgan fingerprint density at radius 3 is 2.43 bits per heavy atom. The van der Waals surface area contributed by atoms with Crippen LogP contribution in [-0.4, -0.2) is 33.4 Å². The van der Waals surface area contributed by atoms with Crippen molar-refractivity contribution in [2.75, 3.05) is 6.61 Å². The summed E-state index contributed by atoms with van der Waals surface area (Å²) in [5.74, 6) is -0.610. The summed E-state index contributed by atoms with van der Waals surface area (Å²) in [5, 5.41) is 9.12. The maximum absolute atomic E-state index is 11.1. The Balaban J connectivity index is 4.17. The van der Waals surface area contributed by atoms with Crippen LogP contribution in [0.5, 0.6) is 0 Å². The summed E-state index contributed by atoms with van der Waals surface area (Å²) in [6.07, 6.45) is -0.0536. The van der Waals surface area contributed by atoms with E-state index in [9.17, 15) is 9.36 Å². The van der Waals surface area contributed by atoms with E-state index in [0.29, 0.717) is 5.57 Å². The van der Waals surface area contributed by atoms with Crippen LogP contribution in [0.25, 0.3) is 0 Å². The topological polar surface area (TPSA) is 104 Å². The number of allylic oxidation sites excluding steroid dienone is 1. The third-order valence-electron chi connectivity index (χ3n) is 1.52. The molecule has 0 bridgehead atoms. The molecule has 0 aliphatic heterocycles. The number of hydrogen-bond acceptors (Lipinski definition) is 4. The lowest BCUT2D eigenvalue weighted by molar-refractivity contribution is -0.124. The predicted octanol–water partition coefficient (Wildman–Crippen LogP) is -0.00810. The monoisotopic (exact) mass is 224 g/mol. The van der Waals surface area contributed by atoms with Gasteiger partial charge in [-0.1, -0.05) is 6.08 Å². The second-order valence-electron chi connectivity index (χ2n) is 2.64. The molecule has 0 fully saturated rings. The molecule has 0 spiro atoms. The molecule has 0 amide bonds. The smallest absolute Gasteiger partial charge is 0.382 e. The van der Waals surface area contributed by atoms with Gasteiger partial charge in [-0.2, -0.15) is 0 Å². The van der Waals surface area contributed by atoms with Crippen LogP contribution in [0.2, 0.25) is 0 Å². The van der Waals surface area contributed by atoms with E-state index in [2.05, 4.69) is 4.52 Å². The van der Waals surface area contributed by atoms with E-state index >= 15 is 0 Å². The molecule has 3 N–H and O–H groups in total. The number of phosphoric acid groups is 1. The van der Waals surface area contributed by atoms with Crippen LogP contribution >= 0.6 is 7.82 Å².